The van der Waals surface area contributed by atoms with Crippen molar-refractivity contribution in [1.29, 1.82) is 0 Å². The monoisotopic (exact) mass is 411 g/mol. The van der Waals surface area contributed by atoms with Gasteiger partial charge in [0, 0.05) is 17.0 Å². The van der Waals surface area contributed by atoms with Gasteiger partial charge in [-0.2, -0.15) is 0 Å². The van der Waals surface area contributed by atoms with Gasteiger partial charge in [-0.25, -0.2) is 0 Å². The van der Waals surface area contributed by atoms with E-state index in [0.717, 1.165) is 21.2 Å². The van der Waals surface area contributed by atoms with Crippen molar-refractivity contribution in [3.63, 3.8) is 0 Å². The summed E-state index contributed by atoms with van der Waals surface area (Å²) in [6.45, 7) is 5.40. The number of benzene rings is 1. The molecule has 0 bridgehead atoms. The van der Waals surface area contributed by atoms with E-state index in [2.05, 4.69) is 69.8 Å². The van der Waals surface area contributed by atoms with E-state index in [4.69, 9.17) is 4.74 Å². The molecule has 17 heavy (non-hydrogen) atoms. The quantitative estimate of drug-likeness (QED) is 0.564. The van der Waals surface area contributed by atoms with Gasteiger partial charge in [-0.05, 0) is 39.5 Å². The first-order valence-corrected chi connectivity index (χ1v) is 8.02. The number of rotatable bonds is 6. The Kier molecular flexibility index (Phi) is 6.80. The van der Waals surface area contributed by atoms with Crippen molar-refractivity contribution in [2.75, 3.05) is 11.5 Å². The summed E-state index contributed by atoms with van der Waals surface area (Å²) in [7, 11) is 1.68. The van der Waals surface area contributed by atoms with Crippen LogP contribution in [-0.2, 0) is 6.54 Å². The Hall–Kier alpha value is 0.190. The minimum absolute atomic E-state index is 0.566. The van der Waals surface area contributed by atoms with Crippen molar-refractivity contribution in [3.8, 4) is 5.75 Å². The second-order valence-electron chi connectivity index (χ2n) is 4.35. The standard InChI is InChI=1S/C13H19BrINO/c1-9(2)12(7-15)16-8-10-4-5-13(17-3)11(14)6-10/h4-6,9,12,16H,7-8H2,1-3H3. The highest BCUT2D eigenvalue weighted by Crippen LogP contribution is 2.25. The zero-order valence-corrected chi connectivity index (χ0v) is 14.2. The number of hydrogen-bond donors (Lipinski definition) is 1. The summed E-state index contributed by atoms with van der Waals surface area (Å²) in [4.78, 5) is 0. The van der Waals surface area contributed by atoms with Crippen molar-refractivity contribution in [2.45, 2.75) is 26.4 Å². The summed E-state index contributed by atoms with van der Waals surface area (Å²) in [6, 6.07) is 6.77. The molecule has 1 N–H and O–H groups in total. The van der Waals surface area contributed by atoms with Gasteiger partial charge in [0.2, 0.25) is 0 Å². The van der Waals surface area contributed by atoms with Crippen molar-refractivity contribution < 1.29 is 4.74 Å². The molecular formula is C13H19BrINO. The molecule has 0 fully saturated rings. The molecule has 1 aromatic rings. The average Bonchev–Trinajstić information content (AvgIpc) is 2.29. The maximum Gasteiger partial charge on any atom is 0.133 e. The number of nitrogens with one attached hydrogen (secondary N) is 1. The van der Waals surface area contributed by atoms with Crippen molar-refractivity contribution in [3.05, 3.63) is 28.2 Å². The largest absolute Gasteiger partial charge is 0.496 e. The molecule has 1 unspecified atom stereocenters. The van der Waals surface area contributed by atoms with Crippen LogP contribution in [0.25, 0.3) is 0 Å². The molecule has 0 aliphatic rings. The van der Waals surface area contributed by atoms with Gasteiger partial charge in [-0.3, -0.25) is 0 Å². The Morgan fingerprint density at radius 2 is 2.12 bits per heavy atom. The SMILES string of the molecule is COc1ccc(CNC(CI)C(C)C)cc1Br. The molecule has 0 radical (unpaired) electrons. The van der Waals surface area contributed by atoms with Crippen molar-refractivity contribution in [2.24, 2.45) is 5.92 Å². The molecular weight excluding hydrogens is 393 g/mol. The second-order valence-corrected chi connectivity index (χ2v) is 6.09. The van der Waals surface area contributed by atoms with E-state index in [9.17, 15) is 0 Å². The van der Waals surface area contributed by atoms with E-state index < -0.39 is 0 Å². The second kappa shape index (κ2) is 7.59. The number of hydrogen-bond acceptors (Lipinski definition) is 2. The summed E-state index contributed by atoms with van der Waals surface area (Å²) >= 11 is 5.94. The molecule has 0 aliphatic carbocycles. The van der Waals surface area contributed by atoms with E-state index >= 15 is 0 Å². The molecule has 96 valence electrons. The lowest BCUT2D eigenvalue weighted by atomic mass is 10.1. The molecule has 0 amide bonds. The van der Waals surface area contributed by atoms with Crippen molar-refractivity contribution >= 4 is 38.5 Å². The predicted molar refractivity (Wildman–Crippen MR) is 85.0 cm³/mol. The summed E-state index contributed by atoms with van der Waals surface area (Å²) in [5.41, 5.74) is 1.27. The van der Waals surface area contributed by atoms with E-state index in [-0.39, 0.29) is 0 Å². The van der Waals surface area contributed by atoms with Crippen LogP contribution in [0.15, 0.2) is 22.7 Å². The lowest BCUT2D eigenvalue weighted by Gasteiger charge is -2.20. The van der Waals surface area contributed by atoms with Crippen LogP contribution in [0.3, 0.4) is 0 Å². The normalized spacial score (nSPS) is 12.8. The Labute approximate surface area is 126 Å². The number of halogens is 2. The number of methoxy groups -OCH3 is 1. The maximum absolute atomic E-state index is 5.22. The number of alkyl halides is 1. The van der Waals surface area contributed by atoms with Gasteiger partial charge in [0.25, 0.3) is 0 Å². The first kappa shape index (κ1) is 15.2. The Bertz CT molecular complexity index is 357. The molecule has 0 aliphatic heterocycles. The average molecular weight is 412 g/mol. The first-order chi connectivity index (χ1) is 8.08. The highest BCUT2D eigenvalue weighted by Gasteiger charge is 2.11. The van der Waals surface area contributed by atoms with Crippen LogP contribution in [0.5, 0.6) is 5.75 Å². The van der Waals surface area contributed by atoms with E-state index in [1.165, 1.54) is 5.56 Å². The fourth-order valence-electron chi connectivity index (χ4n) is 1.54. The molecule has 0 spiro atoms. The zero-order valence-electron chi connectivity index (χ0n) is 10.5. The fraction of sp³-hybridized carbons (Fsp3) is 0.538. The van der Waals surface area contributed by atoms with Crippen LogP contribution in [0, 0.1) is 5.92 Å². The topological polar surface area (TPSA) is 21.3 Å². The molecule has 1 rings (SSSR count). The van der Waals surface area contributed by atoms with Gasteiger partial charge in [0.15, 0.2) is 0 Å². The molecule has 4 heteroatoms. The molecule has 0 heterocycles. The summed E-state index contributed by atoms with van der Waals surface area (Å²) < 4.78 is 7.36. The van der Waals surface area contributed by atoms with Gasteiger partial charge in [0.1, 0.15) is 5.75 Å². The minimum atomic E-state index is 0.566. The zero-order chi connectivity index (χ0) is 12.8. The number of ether oxygens (including phenoxy) is 1. The lowest BCUT2D eigenvalue weighted by Crippen LogP contribution is -2.34. The third-order valence-corrected chi connectivity index (χ3v) is 4.32. The Morgan fingerprint density at radius 3 is 2.59 bits per heavy atom. The van der Waals surface area contributed by atoms with E-state index in [1.807, 2.05) is 6.07 Å². The van der Waals surface area contributed by atoms with Gasteiger partial charge in [-0.1, -0.05) is 42.5 Å². The highest BCUT2D eigenvalue weighted by molar-refractivity contribution is 14.1. The summed E-state index contributed by atoms with van der Waals surface area (Å²) in [6.07, 6.45) is 0. The summed E-state index contributed by atoms with van der Waals surface area (Å²) in [5.74, 6) is 1.54. The maximum atomic E-state index is 5.22. The van der Waals surface area contributed by atoms with Crippen LogP contribution in [0.1, 0.15) is 19.4 Å². The van der Waals surface area contributed by atoms with Crippen LogP contribution >= 0.6 is 38.5 Å². The molecule has 0 saturated heterocycles. The third-order valence-electron chi connectivity index (χ3n) is 2.76. The molecule has 0 saturated carbocycles. The van der Waals surface area contributed by atoms with E-state index in [1.54, 1.807) is 7.11 Å². The molecule has 1 aromatic carbocycles. The van der Waals surface area contributed by atoms with Crippen LogP contribution in [0.4, 0.5) is 0 Å². The first-order valence-electron chi connectivity index (χ1n) is 5.70. The van der Waals surface area contributed by atoms with Gasteiger partial charge in [-0.15, -0.1) is 0 Å². The van der Waals surface area contributed by atoms with Gasteiger partial charge < -0.3 is 10.1 Å². The van der Waals surface area contributed by atoms with Crippen LogP contribution < -0.4 is 10.1 Å². The predicted octanol–water partition coefficient (Wildman–Crippen LogP) is 4.01. The minimum Gasteiger partial charge on any atom is -0.496 e. The molecule has 0 aromatic heterocycles. The van der Waals surface area contributed by atoms with Gasteiger partial charge >= 0.3 is 0 Å². The van der Waals surface area contributed by atoms with Crippen LogP contribution in [0.2, 0.25) is 0 Å². The smallest absolute Gasteiger partial charge is 0.133 e. The fourth-order valence-corrected chi connectivity index (χ4v) is 3.45. The van der Waals surface area contributed by atoms with Crippen LogP contribution in [-0.4, -0.2) is 17.6 Å². The Balaban J connectivity index is 2.60. The van der Waals surface area contributed by atoms with Gasteiger partial charge in [0.05, 0.1) is 11.6 Å². The third kappa shape index (κ3) is 4.75. The molecule has 1 atom stereocenters. The highest BCUT2D eigenvalue weighted by atomic mass is 127. The van der Waals surface area contributed by atoms with Crippen molar-refractivity contribution in [1.82, 2.24) is 5.32 Å². The lowest BCUT2D eigenvalue weighted by molar-refractivity contribution is 0.411. The van der Waals surface area contributed by atoms with E-state index in [0.29, 0.717) is 12.0 Å². The Morgan fingerprint density at radius 1 is 1.41 bits per heavy atom. The molecule has 2 nitrogen and oxygen atoms in total. The summed E-state index contributed by atoms with van der Waals surface area (Å²) in [5, 5.41) is 3.58.